The summed E-state index contributed by atoms with van der Waals surface area (Å²) in [6.45, 7) is 13.0. The number of ether oxygens (including phenoxy) is 2. The zero-order valence-corrected chi connectivity index (χ0v) is 53.6. The Bertz CT molecular complexity index is 3910. The molecule has 6 fully saturated rings. The molecule has 21 heteroatoms. The Morgan fingerprint density at radius 2 is 0.957 bits per heavy atom. The predicted octanol–water partition coefficient (Wildman–Crippen LogP) is 14.6. The minimum atomic E-state index is -1.04. The monoisotopic (exact) mass is 1280 g/mol. The molecule has 6 saturated carbocycles. The Morgan fingerprint density at radius 3 is 1.34 bits per heavy atom. The zero-order chi connectivity index (χ0) is 66.6. The number of nitrogens with two attached hydrogens (primary N) is 1. The first kappa shape index (κ1) is 66.1. The van der Waals surface area contributed by atoms with Gasteiger partial charge in [0.1, 0.15) is 34.5 Å². The van der Waals surface area contributed by atoms with Crippen LogP contribution in [0.1, 0.15) is 156 Å². The van der Waals surface area contributed by atoms with Crippen LogP contribution < -0.4 is 11.1 Å². The van der Waals surface area contributed by atoms with Crippen molar-refractivity contribution in [3.05, 3.63) is 215 Å². The van der Waals surface area contributed by atoms with Gasteiger partial charge in [0.2, 0.25) is 0 Å². The van der Waals surface area contributed by atoms with Crippen molar-refractivity contribution in [2.75, 3.05) is 19.6 Å². The third-order valence-corrected chi connectivity index (χ3v) is 18.0. The maximum absolute atomic E-state index is 13.3. The maximum Gasteiger partial charge on any atom is 0.410 e. The van der Waals surface area contributed by atoms with Gasteiger partial charge in [-0.05, 0) is 189 Å². The molecule has 6 atom stereocenters. The summed E-state index contributed by atoms with van der Waals surface area (Å²) in [6, 6.07) is 48.7. The molecular formula is C73H80F3N9O9. The number of nitrogens with one attached hydrogen (secondary N) is 1. The van der Waals surface area contributed by atoms with Crippen LogP contribution in [-0.2, 0) is 20.3 Å². The van der Waals surface area contributed by atoms with E-state index in [0.717, 1.165) is 81.4 Å². The fourth-order valence-corrected chi connectivity index (χ4v) is 11.8. The average molecular weight is 1280 g/mol. The molecule has 14 rings (SSSR count). The first-order valence-corrected chi connectivity index (χ1v) is 32.0. The van der Waals surface area contributed by atoms with Crippen LogP contribution in [0.2, 0.25) is 0 Å². The van der Waals surface area contributed by atoms with Crippen LogP contribution in [0, 0.1) is 22.9 Å². The van der Waals surface area contributed by atoms with Gasteiger partial charge in [-0.1, -0.05) is 106 Å². The Morgan fingerprint density at radius 1 is 0.564 bits per heavy atom. The van der Waals surface area contributed by atoms with E-state index in [2.05, 4.69) is 85.4 Å². The van der Waals surface area contributed by atoms with Crippen LogP contribution in [0.15, 0.2) is 178 Å². The maximum atomic E-state index is 13.3. The van der Waals surface area contributed by atoms with E-state index in [1.165, 1.54) is 59.5 Å². The minimum Gasteiger partial charge on any atom is -0.478 e. The molecule has 6 aliphatic carbocycles. The number of hydrogen-bond donors (Lipinski definition) is 4. The number of nitrogens with zero attached hydrogens (tertiary/aromatic N) is 7. The van der Waals surface area contributed by atoms with Gasteiger partial charge in [-0.15, -0.1) is 0 Å². The van der Waals surface area contributed by atoms with Crippen LogP contribution in [0.4, 0.5) is 22.8 Å². The molecule has 492 valence electrons. The lowest BCUT2D eigenvalue weighted by atomic mass is 10.0. The van der Waals surface area contributed by atoms with Gasteiger partial charge in [-0.2, -0.15) is 9.97 Å². The second-order valence-electron chi connectivity index (χ2n) is 27.6. The van der Waals surface area contributed by atoms with E-state index in [-0.39, 0.29) is 58.1 Å². The van der Waals surface area contributed by atoms with Crippen molar-refractivity contribution in [1.29, 1.82) is 0 Å². The molecule has 0 unspecified atom stereocenters. The highest BCUT2D eigenvalue weighted by Gasteiger charge is 2.57. The molecule has 0 radical (unpaired) electrons. The van der Waals surface area contributed by atoms with Crippen LogP contribution in [0.3, 0.4) is 0 Å². The molecule has 5 N–H and O–H groups in total. The minimum absolute atomic E-state index is 0.00833. The van der Waals surface area contributed by atoms with Crippen molar-refractivity contribution < 1.29 is 56.4 Å². The molecule has 2 aromatic heterocycles. The number of carbonyl (C=O) groups is 3. The van der Waals surface area contributed by atoms with Crippen molar-refractivity contribution in [2.24, 2.45) is 16.3 Å². The Kier molecular flexibility index (Phi) is 19.2. The second kappa shape index (κ2) is 27.3. The summed E-state index contributed by atoms with van der Waals surface area (Å²) < 4.78 is 60.8. The molecule has 0 bridgehead atoms. The molecule has 18 nitrogen and oxygen atoms in total. The Hall–Kier alpha value is -9.37. The number of benzene rings is 6. The zero-order valence-electron chi connectivity index (χ0n) is 53.6. The van der Waals surface area contributed by atoms with Crippen molar-refractivity contribution in [3.8, 4) is 22.9 Å². The van der Waals surface area contributed by atoms with Crippen LogP contribution in [0.25, 0.3) is 22.9 Å². The topological polar surface area (TPSA) is 245 Å². The number of amidine groups is 1. The van der Waals surface area contributed by atoms with Crippen LogP contribution in [0.5, 0.6) is 0 Å². The van der Waals surface area contributed by atoms with Gasteiger partial charge in [0.25, 0.3) is 11.8 Å². The van der Waals surface area contributed by atoms with Gasteiger partial charge in [-0.3, -0.25) is 0 Å². The Labute approximate surface area is 544 Å². The van der Waals surface area contributed by atoms with Gasteiger partial charge in [0, 0.05) is 77.5 Å². The van der Waals surface area contributed by atoms with Crippen LogP contribution in [-0.4, -0.2) is 113 Å². The summed E-state index contributed by atoms with van der Waals surface area (Å²) in [5, 5.41) is 32.7. The number of carbonyl (C=O) groups excluding carboxylic acids is 2. The summed E-state index contributed by atoms with van der Waals surface area (Å²) in [5.41, 5.74) is 9.38. The lowest BCUT2D eigenvalue weighted by molar-refractivity contribution is 0.0197. The summed E-state index contributed by atoms with van der Waals surface area (Å²) >= 11 is 0. The van der Waals surface area contributed by atoms with E-state index >= 15 is 0 Å². The first-order chi connectivity index (χ1) is 44.9. The number of aromatic carboxylic acids is 1. The van der Waals surface area contributed by atoms with E-state index in [4.69, 9.17) is 34.6 Å². The number of carboxylic acids is 1. The molecule has 6 aliphatic rings. The summed E-state index contributed by atoms with van der Waals surface area (Å²) in [6.07, 6.45) is 7.92. The SMILES string of the molecule is CC(C)(C)OC(=O)N(CC1(C(N)=NO)CC1)[C@H]1C[C@@H]1c1ccccc1.CC(C)(C)OC(=O)N(CC1(c2noc(-c3ccc(F)cc3)n2)CC1)[C@H]1C[C@@H]1c1ccccc1.Fc1ccc(-c2nc(C3(CN[C@H]4C[C@@H]4c4ccccc4)CC3)no2)cc1.O=C(O)c1ccc(F)cc1. The van der Waals surface area contributed by atoms with Gasteiger partial charge in [-0.25, -0.2) is 27.6 Å². The summed E-state index contributed by atoms with van der Waals surface area (Å²) in [4.78, 5) is 49.0. The molecular weight excluding hydrogens is 1200 g/mol. The molecule has 0 saturated heterocycles. The molecule has 94 heavy (non-hydrogen) atoms. The fourth-order valence-electron chi connectivity index (χ4n) is 11.8. The van der Waals surface area contributed by atoms with Crippen LogP contribution >= 0.6 is 0 Å². The number of hydrogen-bond acceptors (Lipinski definition) is 14. The van der Waals surface area contributed by atoms with Crippen molar-refractivity contribution in [1.82, 2.24) is 35.4 Å². The van der Waals surface area contributed by atoms with Gasteiger partial charge in [0.05, 0.1) is 11.0 Å². The smallest absolute Gasteiger partial charge is 0.410 e. The largest absolute Gasteiger partial charge is 0.478 e. The standard InChI is InChI=1S/C26H28FN3O3.C21H20FN3O.C19H27N3O3.C7H5FO2/c1-25(2,3)32-24(31)30(21-15-20(21)17-7-5-4-6-8-17)16-26(13-14-26)23-28-22(33-29-23)18-9-11-19(27)12-10-18;22-16-8-6-15(7-9-16)19-24-20(25-26-19)21(10-11-21)13-23-18-12-17(18)14-4-2-1-3-5-14;1-18(2,3)25-17(23)22(12-19(9-10-19)16(20)21-24)15-11-14(15)13-7-5-4-6-8-13;8-6-3-1-5(2-4-6)7(9)10/h4-12,20-21H,13-16H2,1-3H3;1-9,17-18,23H,10-13H2;4-8,14-15,24H,9-12H2,1-3H3,(H2,20,21);1-4H,(H,9,10)/t20-,21+;17-,18+;14-,15+;/m111./s1. The van der Waals surface area contributed by atoms with E-state index in [0.29, 0.717) is 60.1 Å². The van der Waals surface area contributed by atoms with E-state index < -0.39 is 28.4 Å². The summed E-state index contributed by atoms with van der Waals surface area (Å²) in [7, 11) is 0. The molecule has 2 heterocycles. The third-order valence-electron chi connectivity index (χ3n) is 18.0. The number of amides is 2. The number of rotatable bonds is 18. The predicted molar refractivity (Wildman–Crippen MR) is 346 cm³/mol. The first-order valence-electron chi connectivity index (χ1n) is 32.0. The number of oxime groups is 1. The molecule has 2 amide bonds. The Balaban J connectivity index is 0.000000135. The highest BCUT2D eigenvalue weighted by Crippen LogP contribution is 2.54. The van der Waals surface area contributed by atoms with Crippen molar-refractivity contribution in [3.63, 3.8) is 0 Å². The highest BCUT2D eigenvalue weighted by molar-refractivity contribution is 5.89. The lowest BCUT2D eigenvalue weighted by Gasteiger charge is -2.30. The van der Waals surface area contributed by atoms with Gasteiger partial charge >= 0.3 is 18.2 Å². The van der Waals surface area contributed by atoms with E-state index in [1.807, 2.05) is 82.8 Å². The molecule has 0 spiro atoms. The highest BCUT2D eigenvalue weighted by atomic mass is 19.1. The van der Waals surface area contributed by atoms with Gasteiger partial charge in [0.15, 0.2) is 11.6 Å². The van der Waals surface area contributed by atoms with Gasteiger partial charge < -0.3 is 49.7 Å². The number of halogens is 3. The lowest BCUT2D eigenvalue weighted by Crippen LogP contribution is -2.45. The van der Waals surface area contributed by atoms with Crippen molar-refractivity contribution in [2.45, 2.75) is 157 Å². The summed E-state index contributed by atoms with van der Waals surface area (Å²) in [5.74, 6) is 1.56. The molecule has 6 aromatic carbocycles. The average Bonchev–Trinajstić information content (AvgIpc) is 1.60. The fraction of sp³-hybridized carbons (Fsp3) is 0.397. The quantitative estimate of drug-likeness (QED) is 0.0270. The number of carboxylic acid groups (broad SMARTS) is 1. The number of aromatic nitrogens is 4. The third kappa shape index (κ3) is 16.7. The normalized spacial score (nSPS) is 21.2. The molecule has 8 aromatic rings. The molecule has 0 aliphatic heterocycles. The van der Waals surface area contributed by atoms with E-state index in [9.17, 15) is 27.6 Å². The van der Waals surface area contributed by atoms with Crippen molar-refractivity contribution >= 4 is 24.0 Å². The second-order valence-corrected chi connectivity index (χ2v) is 27.6. The van der Waals surface area contributed by atoms with E-state index in [1.54, 1.807) is 29.2 Å².